The molecule has 2 unspecified atom stereocenters. The van der Waals surface area contributed by atoms with Crippen LogP contribution in [-0.2, 0) is 4.74 Å². The molecule has 3 fully saturated rings. The van der Waals surface area contributed by atoms with Gasteiger partial charge in [0.2, 0.25) is 0 Å². The maximum absolute atomic E-state index is 12.7. The molecule has 1 aromatic rings. The van der Waals surface area contributed by atoms with Gasteiger partial charge in [0.25, 0.3) is 0 Å². The van der Waals surface area contributed by atoms with Crippen LogP contribution in [0.5, 0.6) is 0 Å². The first-order valence-electron chi connectivity index (χ1n) is 9.17. The molecule has 2 amide bonds. The van der Waals surface area contributed by atoms with Gasteiger partial charge in [0.15, 0.2) is 0 Å². The summed E-state index contributed by atoms with van der Waals surface area (Å²) in [5.41, 5.74) is 1.49. The third-order valence-corrected chi connectivity index (χ3v) is 5.78. The number of benzene rings is 1. The minimum absolute atomic E-state index is 0.110. The van der Waals surface area contributed by atoms with Gasteiger partial charge >= 0.3 is 6.03 Å². The number of para-hydroxylation sites is 1. The van der Waals surface area contributed by atoms with Crippen LogP contribution >= 0.6 is 0 Å². The van der Waals surface area contributed by atoms with Gasteiger partial charge < -0.3 is 19.9 Å². The van der Waals surface area contributed by atoms with Crippen molar-refractivity contribution in [3.63, 3.8) is 0 Å². The maximum atomic E-state index is 12.7. The second-order valence-corrected chi connectivity index (χ2v) is 7.54. The molecule has 3 saturated heterocycles. The Labute approximate surface area is 144 Å². The summed E-state index contributed by atoms with van der Waals surface area (Å²) < 4.78 is 5.56. The van der Waals surface area contributed by atoms with Gasteiger partial charge in [0.1, 0.15) is 0 Å². The highest BCUT2D eigenvalue weighted by atomic mass is 16.5. The monoisotopic (exact) mass is 329 g/mol. The molecule has 2 atom stereocenters. The van der Waals surface area contributed by atoms with Gasteiger partial charge in [-0.1, -0.05) is 18.2 Å². The Morgan fingerprint density at radius 3 is 2.88 bits per heavy atom. The molecule has 3 heterocycles. The number of nitrogens with zero attached hydrogens (tertiary/aromatic N) is 2. The van der Waals surface area contributed by atoms with Crippen LogP contribution in [0.4, 0.5) is 10.5 Å². The van der Waals surface area contributed by atoms with Gasteiger partial charge in [-0.05, 0) is 37.8 Å². The van der Waals surface area contributed by atoms with Crippen molar-refractivity contribution in [2.24, 2.45) is 5.41 Å². The molecular formula is C19H27N3O2. The van der Waals surface area contributed by atoms with Crippen LogP contribution in [0.2, 0.25) is 0 Å². The zero-order chi connectivity index (χ0) is 16.4. The van der Waals surface area contributed by atoms with Crippen molar-refractivity contribution in [2.75, 3.05) is 44.3 Å². The van der Waals surface area contributed by atoms with Gasteiger partial charge in [0.05, 0.1) is 6.61 Å². The SMILES string of the molecule is O=C(NC1CCCN(c2ccccc2)C1)N1CCC2(CCOC2)C1. The number of rotatable bonds is 2. The predicted molar refractivity (Wildman–Crippen MR) is 94.3 cm³/mol. The minimum atomic E-state index is 0.110. The van der Waals surface area contributed by atoms with E-state index in [4.69, 9.17) is 4.74 Å². The summed E-state index contributed by atoms with van der Waals surface area (Å²) in [7, 11) is 0. The number of ether oxygens (including phenoxy) is 1. The van der Waals surface area contributed by atoms with Crippen LogP contribution < -0.4 is 10.2 Å². The van der Waals surface area contributed by atoms with Crippen LogP contribution in [0.3, 0.4) is 0 Å². The number of amides is 2. The van der Waals surface area contributed by atoms with E-state index < -0.39 is 0 Å². The first-order valence-corrected chi connectivity index (χ1v) is 9.17. The summed E-state index contributed by atoms with van der Waals surface area (Å²) in [5, 5.41) is 3.27. The van der Waals surface area contributed by atoms with Crippen LogP contribution in [0.25, 0.3) is 0 Å². The highest BCUT2D eigenvalue weighted by Gasteiger charge is 2.43. The summed E-state index contributed by atoms with van der Waals surface area (Å²) in [6.45, 7) is 5.36. The molecular weight excluding hydrogens is 302 g/mol. The van der Waals surface area contributed by atoms with Crippen molar-refractivity contribution in [1.29, 1.82) is 0 Å². The molecule has 1 aromatic carbocycles. The smallest absolute Gasteiger partial charge is 0.317 e. The van der Waals surface area contributed by atoms with E-state index >= 15 is 0 Å². The third kappa shape index (κ3) is 3.22. The van der Waals surface area contributed by atoms with Crippen molar-refractivity contribution in [1.82, 2.24) is 10.2 Å². The summed E-state index contributed by atoms with van der Waals surface area (Å²) in [6, 6.07) is 10.8. The van der Waals surface area contributed by atoms with E-state index in [0.29, 0.717) is 0 Å². The Morgan fingerprint density at radius 2 is 2.08 bits per heavy atom. The van der Waals surface area contributed by atoms with Crippen molar-refractivity contribution in [3.05, 3.63) is 30.3 Å². The average Bonchev–Trinajstić information content (AvgIpc) is 3.26. The second kappa shape index (κ2) is 6.63. The molecule has 1 spiro atoms. The largest absolute Gasteiger partial charge is 0.381 e. The molecule has 4 rings (SSSR count). The highest BCUT2D eigenvalue weighted by molar-refractivity contribution is 5.75. The van der Waals surface area contributed by atoms with E-state index in [0.717, 1.165) is 65.1 Å². The minimum Gasteiger partial charge on any atom is -0.381 e. The standard InChI is InChI=1S/C19H27N3O2/c23-18(22-11-8-19(14-22)9-12-24-15-19)20-16-5-4-10-21(13-16)17-6-2-1-3-7-17/h1-3,6-7,16H,4-5,8-15H2,(H,20,23). The normalized spacial score (nSPS) is 30.1. The van der Waals surface area contributed by atoms with E-state index in [1.165, 1.54) is 5.69 Å². The summed E-state index contributed by atoms with van der Waals surface area (Å²) in [5.74, 6) is 0. The molecule has 5 nitrogen and oxygen atoms in total. The zero-order valence-corrected chi connectivity index (χ0v) is 14.2. The Balaban J connectivity index is 1.32. The number of carbonyl (C=O) groups excluding carboxylic acids is 1. The van der Waals surface area contributed by atoms with Gasteiger partial charge in [-0.25, -0.2) is 4.79 Å². The van der Waals surface area contributed by atoms with Gasteiger partial charge in [0, 0.05) is 49.9 Å². The molecule has 0 bridgehead atoms. The number of hydrogen-bond donors (Lipinski definition) is 1. The van der Waals surface area contributed by atoms with E-state index in [9.17, 15) is 4.79 Å². The molecule has 24 heavy (non-hydrogen) atoms. The lowest BCUT2D eigenvalue weighted by atomic mass is 9.87. The Bertz CT molecular complexity index is 571. The molecule has 0 saturated carbocycles. The Morgan fingerprint density at radius 1 is 1.21 bits per heavy atom. The van der Waals surface area contributed by atoms with E-state index in [1.54, 1.807) is 0 Å². The van der Waals surface area contributed by atoms with Crippen molar-refractivity contribution in [2.45, 2.75) is 31.7 Å². The Hall–Kier alpha value is -1.75. The number of anilines is 1. The van der Waals surface area contributed by atoms with Crippen LogP contribution in [-0.4, -0.2) is 56.4 Å². The quantitative estimate of drug-likeness (QED) is 0.907. The topological polar surface area (TPSA) is 44.8 Å². The molecule has 3 aliphatic rings. The lowest BCUT2D eigenvalue weighted by Crippen LogP contribution is -2.51. The van der Waals surface area contributed by atoms with Crippen LogP contribution in [0.1, 0.15) is 25.7 Å². The van der Waals surface area contributed by atoms with Crippen molar-refractivity contribution >= 4 is 11.7 Å². The second-order valence-electron chi connectivity index (χ2n) is 7.54. The lowest BCUT2D eigenvalue weighted by molar-refractivity contribution is 0.152. The summed E-state index contributed by atoms with van der Waals surface area (Å²) >= 11 is 0. The zero-order valence-electron chi connectivity index (χ0n) is 14.2. The van der Waals surface area contributed by atoms with E-state index in [-0.39, 0.29) is 17.5 Å². The summed E-state index contributed by atoms with van der Waals surface area (Å²) in [4.78, 5) is 17.0. The molecule has 0 aromatic heterocycles. The number of urea groups is 1. The van der Waals surface area contributed by atoms with Gasteiger partial charge in [-0.15, -0.1) is 0 Å². The Kier molecular flexibility index (Phi) is 4.35. The molecule has 3 aliphatic heterocycles. The number of carbonyl (C=O) groups is 1. The first kappa shape index (κ1) is 15.8. The molecule has 0 aliphatic carbocycles. The number of nitrogens with one attached hydrogen (secondary N) is 1. The fourth-order valence-electron chi connectivity index (χ4n) is 4.31. The van der Waals surface area contributed by atoms with Gasteiger partial charge in [-0.2, -0.15) is 0 Å². The number of hydrogen-bond acceptors (Lipinski definition) is 3. The molecule has 5 heteroatoms. The lowest BCUT2D eigenvalue weighted by Gasteiger charge is -2.35. The average molecular weight is 329 g/mol. The van der Waals surface area contributed by atoms with Crippen LogP contribution in [0, 0.1) is 5.41 Å². The molecule has 0 radical (unpaired) electrons. The first-order chi connectivity index (χ1) is 11.7. The van der Waals surface area contributed by atoms with E-state index in [1.807, 2.05) is 11.0 Å². The fraction of sp³-hybridized carbons (Fsp3) is 0.632. The highest BCUT2D eigenvalue weighted by Crippen LogP contribution is 2.38. The van der Waals surface area contributed by atoms with E-state index in [2.05, 4.69) is 34.5 Å². The number of piperidine rings is 1. The fourth-order valence-corrected chi connectivity index (χ4v) is 4.31. The molecule has 130 valence electrons. The van der Waals surface area contributed by atoms with Crippen molar-refractivity contribution in [3.8, 4) is 0 Å². The maximum Gasteiger partial charge on any atom is 0.317 e. The van der Waals surface area contributed by atoms with Gasteiger partial charge in [-0.3, -0.25) is 0 Å². The molecule has 1 N–H and O–H groups in total. The van der Waals surface area contributed by atoms with Crippen molar-refractivity contribution < 1.29 is 9.53 Å². The predicted octanol–water partition coefficient (Wildman–Crippen LogP) is 2.48. The number of likely N-dealkylation sites (tertiary alicyclic amines) is 1. The van der Waals surface area contributed by atoms with Crippen LogP contribution in [0.15, 0.2) is 30.3 Å². The summed E-state index contributed by atoms with van der Waals surface area (Å²) in [6.07, 6.45) is 4.37. The third-order valence-electron chi connectivity index (χ3n) is 5.78.